The summed E-state index contributed by atoms with van der Waals surface area (Å²) in [4.78, 5) is 35.9. The highest BCUT2D eigenvalue weighted by atomic mass is 19.4. The molecule has 0 atom stereocenters. The van der Waals surface area contributed by atoms with Crippen LogP contribution in [0.5, 0.6) is 0 Å². The number of alkyl halides is 3. The Hall–Kier alpha value is -2.38. The van der Waals surface area contributed by atoms with E-state index in [0.29, 0.717) is 25.8 Å². The van der Waals surface area contributed by atoms with Gasteiger partial charge >= 0.3 is 6.18 Å². The predicted molar refractivity (Wildman–Crippen MR) is 84.5 cm³/mol. The molecule has 1 aliphatic rings. The van der Waals surface area contributed by atoms with E-state index in [1.54, 1.807) is 0 Å². The van der Waals surface area contributed by atoms with Crippen LogP contribution in [0.2, 0.25) is 0 Å². The summed E-state index contributed by atoms with van der Waals surface area (Å²) in [6.45, 7) is 0.354. The van der Waals surface area contributed by atoms with Gasteiger partial charge in [-0.3, -0.25) is 19.3 Å². The predicted octanol–water partition coefficient (Wildman–Crippen LogP) is 3.35. The molecule has 3 amide bonds. The number of halogens is 3. The van der Waals surface area contributed by atoms with Crippen LogP contribution in [0.25, 0.3) is 0 Å². The molecule has 8 heteroatoms. The number of unbranched alkanes of at least 4 members (excludes halogenated alkanes) is 2. The van der Waals surface area contributed by atoms with Crippen molar-refractivity contribution in [1.82, 2.24) is 4.90 Å². The van der Waals surface area contributed by atoms with Gasteiger partial charge in [-0.05, 0) is 31.0 Å². The molecule has 0 aliphatic carbocycles. The first-order valence-corrected chi connectivity index (χ1v) is 8.07. The van der Waals surface area contributed by atoms with Crippen molar-refractivity contribution in [3.63, 3.8) is 0 Å². The van der Waals surface area contributed by atoms with E-state index in [4.69, 9.17) is 0 Å². The number of carbonyl (C=O) groups is 3. The van der Waals surface area contributed by atoms with E-state index in [-0.39, 0.29) is 42.7 Å². The molecule has 1 saturated heterocycles. The fourth-order valence-corrected chi connectivity index (χ4v) is 2.60. The van der Waals surface area contributed by atoms with Gasteiger partial charge in [-0.2, -0.15) is 13.2 Å². The molecule has 0 spiro atoms. The average Bonchev–Trinajstić information content (AvgIpc) is 2.85. The summed E-state index contributed by atoms with van der Waals surface area (Å²) in [5, 5.41) is 2.44. The number of amides is 3. The average molecular weight is 356 g/mol. The van der Waals surface area contributed by atoms with Gasteiger partial charge in [0, 0.05) is 31.5 Å². The second-order valence-corrected chi connectivity index (χ2v) is 5.88. The number of nitrogens with zero attached hydrogens (tertiary/aromatic N) is 1. The molecule has 0 aromatic heterocycles. The molecule has 1 aliphatic heterocycles. The maximum atomic E-state index is 12.6. The third kappa shape index (κ3) is 5.58. The first-order valence-electron chi connectivity index (χ1n) is 8.07. The van der Waals surface area contributed by atoms with E-state index in [9.17, 15) is 27.6 Å². The van der Waals surface area contributed by atoms with E-state index in [2.05, 4.69) is 5.32 Å². The van der Waals surface area contributed by atoms with Crippen LogP contribution in [0.3, 0.4) is 0 Å². The van der Waals surface area contributed by atoms with Gasteiger partial charge < -0.3 is 5.32 Å². The Morgan fingerprint density at radius 3 is 2.40 bits per heavy atom. The number of nitrogens with one attached hydrogen (secondary N) is 1. The second kappa shape index (κ2) is 8.13. The zero-order valence-corrected chi connectivity index (χ0v) is 13.6. The molecule has 1 aromatic rings. The first-order chi connectivity index (χ1) is 11.8. The number of carbonyl (C=O) groups excluding carboxylic acids is 3. The number of hydrogen-bond acceptors (Lipinski definition) is 3. The molecule has 1 heterocycles. The lowest BCUT2D eigenvalue weighted by Gasteiger charge is -2.13. The lowest BCUT2D eigenvalue weighted by molar-refractivity contribution is -0.139. The number of benzene rings is 1. The van der Waals surface area contributed by atoms with Crippen LogP contribution in [-0.2, 0) is 20.6 Å². The van der Waals surface area contributed by atoms with Gasteiger partial charge in [0.2, 0.25) is 17.7 Å². The van der Waals surface area contributed by atoms with Crippen molar-refractivity contribution in [3.05, 3.63) is 29.8 Å². The van der Waals surface area contributed by atoms with Crippen molar-refractivity contribution < 1.29 is 27.6 Å². The topological polar surface area (TPSA) is 66.5 Å². The summed E-state index contributed by atoms with van der Waals surface area (Å²) in [6.07, 6.45) is -1.98. The van der Waals surface area contributed by atoms with Crippen molar-refractivity contribution in [3.8, 4) is 0 Å². The Labute approximate surface area is 143 Å². The molecule has 0 bridgehead atoms. The summed E-state index contributed by atoms with van der Waals surface area (Å²) < 4.78 is 37.8. The van der Waals surface area contributed by atoms with Gasteiger partial charge in [0.15, 0.2) is 0 Å². The number of hydrogen-bond donors (Lipinski definition) is 1. The van der Waals surface area contributed by atoms with Crippen molar-refractivity contribution >= 4 is 23.4 Å². The van der Waals surface area contributed by atoms with E-state index in [1.165, 1.54) is 17.0 Å². The monoisotopic (exact) mass is 356 g/mol. The maximum Gasteiger partial charge on any atom is 0.416 e. The quantitative estimate of drug-likeness (QED) is 0.602. The Bertz CT molecular complexity index is 643. The Kier molecular flexibility index (Phi) is 6.17. The second-order valence-electron chi connectivity index (χ2n) is 5.88. The summed E-state index contributed by atoms with van der Waals surface area (Å²) in [6, 6.07) is 4.47. The van der Waals surface area contributed by atoms with Crippen LogP contribution >= 0.6 is 0 Å². The minimum absolute atomic E-state index is 0.105. The van der Waals surface area contributed by atoms with E-state index in [1.807, 2.05) is 0 Å². The molecule has 136 valence electrons. The first kappa shape index (κ1) is 19.0. The molecule has 1 fully saturated rings. The van der Waals surface area contributed by atoms with E-state index >= 15 is 0 Å². The van der Waals surface area contributed by atoms with Gasteiger partial charge in [-0.1, -0.05) is 12.5 Å². The van der Waals surface area contributed by atoms with Gasteiger partial charge in [0.05, 0.1) is 5.56 Å². The number of imide groups is 1. The van der Waals surface area contributed by atoms with Gasteiger partial charge in [-0.25, -0.2) is 0 Å². The Morgan fingerprint density at radius 1 is 1.08 bits per heavy atom. The van der Waals surface area contributed by atoms with Crippen molar-refractivity contribution in [2.24, 2.45) is 0 Å². The molecule has 0 radical (unpaired) electrons. The van der Waals surface area contributed by atoms with Crippen LogP contribution < -0.4 is 5.32 Å². The molecule has 0 saturated carbocycles. The molecule has 0 unspecified atom stereocenters. The standard InChI is InChI=1S/C17H19F3N2O3/c18-17(19,20)12-5-4-6-13(11-12)21-14(23)7-2-1-3-10-22-15(24)8-9-16(22)25/h4-6,11H,1-3,7-10H2,(H,21,23). The minimum atomic E-state index is -4.45. The van der Waals surface area contributed by atoms with E-state index < -0.39 is 11.7 Å². The highest BCUT2D eigenvalue weighted by molar-refractivity contribution is 6.01. The Balaban J connectivity index is 1.69. The van der Waals surface area contributed by atoms with Crippen LogP contribution in [0.15, 0.2) is 24.3 Å². The smallest absolute Gasteiger partial charge is 0.326 e. The van der Waals surface area contributed by atoms with Crippen LogP contribution in [0.4, 0.5) is 18.9 Å². The van der Waals surface area contributed by atoms with Gasteiger partial charge in [0.25, 0.3) is 0 Å². The lowest BCUT2D eigenvalue weighted by Crippen LogP contribution is -2.29. The molecule has 1 aromatic carbocycles. The van der Waals surface area contributed by atoms with Gasteiger partial charge in [-0.15, -0.1) is 0 Å². The van der Waals surface area contributed by atoms with Crippen molar-refractivity contribution in [2.75, 3.05) is 11.9 Å². The van der Waals surface area contributed by atoms with Crippen LogP contribution in [0.1, 0.15) is 44.1 Å². The molecule has 5 nitrogen and oxygen atoms in total. The summed E-state index contributed by atoms with van der Waals surface area (Å²) in [7, 11) is 0. The van der Waals surface area contributed by atoms with Crippen LogP contribution in [-0.4, -0.2) is 29.2 Å². The fourth-order valence-electron chi connectivity index (χ4n) is 2.60. The summed E-state index contributed by atoms with van der Waals surface area (Å²) in [5.41, 5.74) is -0.710. The lowest BCUT2D eigenvalue weighted by atomic mass is 10.1. The number of anilines is 1. The number of likely N-dealkylation sites (tertiary alicyclic amines) is 1. The summed E-state index contributed by atoms with van der Waals surface area (Å²) >= 11 is 0. The molecule has 2 rings (SSSR count). The highest BCUT2D eigenvalue weighted by Crippen LogP contribution is 2.30. The SMILES string of the molecule is O=C(CCCCCN1C(=O)CCC1=O)Nc1cccc(C(F)(F)F)c1. The normalized spacial score (nSPS) is 14.9. The van der Waals surface area contributed by atoms with Crippen LogP contribution in [0, 0.1) is 0 Å². The zero-order chi connectivity index (χ0) is 18.4. The van der Waals surface area contributed by atoms with Gasteiger partial charge in [0.1, 0.15) is 0 Å². The molecule has 1 N–H and O–H groups in total. The fraction of sp³-hybridized carbons (Fsp3) is 0.471. The molecule has 25 heavy (non-hydrogen) atoms. The Morgan fingerprint density at radius 2 is 1.76 bits per heavy atom. The van der Waals surface area contributed by atoms with Crippen molar-refractivity contribution in [1.29, 1.82) is 0 Å². The summed E-state index contributed by atoms with van der Waals surface area (Å²) in [5.74, 6) is -0.688. The van der Waals surface area contributed by atoms with Crippen molar-refractivity contribution in [2.45, 2.75) is 44.7 Å². The maximum absolute atomic E-state index is 12.6. The third-order valence-corrected chi connectivity index (χ3v) is 3.91. The number of rotatable bonds is 7. The molecular formula is C17H19F3N2O3. The molecular weight excluding hydrogens is 337 g/mol. The minimum Gasteiger partial charge on any atom is -0.326 e. The largest absolute Gasteiger partial charge is 0.416 e. The third-order valence-electron chi connectivity index (χ3n) is 3.91. The van der Waals surface area contributed by atoms with E-state index in [0.717, 1.165) is 12.1 Å². The zero-order valence-electron chi connectivity index (χ0n) is 13.6. The highest BCUT2D eigenvalue weighted by Gasteiger charge is 2.30.